The van der Waals surface area contributed by atoms with Gasteiger partial charge in [-0.3, -0.25) is 19.5 Å². The van der Waals surface area contributed by atoms with Crippen LogP contribution in [0.15, 0.2) is 120 Å². The molecule has 7 rings (SSSR count). The fourth-order valence-corrected chi connectivity index (χ4v) is 6.37. The van der Waals surface area contributed by atoms with Crippen LogP contribution in [0.4, 0.5) is 17.2 Å². The molecule has 1 aliphatic heterocycles. The number of anilines is 3. The lowest BCUT2D eigenvalue weighted by Crippen LogP contribution is -2.41. The Morgan fingerprint density at radius 3 is 2.29 bits per heavy atom. The summed E-state index contributed by atoms with van der Waals surface area (Å²) in [5.41, 5.74) is 2.50. The second-order valence-electron chi connectivity index (χ2n) is 12.0. The molecule has 4 heterocycles. The minimum Gasteiger partial charge on any atom is -0.493 e. The Morgan fingerprint density at radius 1 is 0.863 bits per heavy atom. The number of benzene rings is 3. The van der Waals surface area contributed by atoms with Gasteiger partial charge < -0.3 is 28.8 Å². The van der Waals surface area contributed by atoms with Crippen molar-refractivity contribution < 1.29 is 23.7 Å². The van der Waals surface area contributed by atoms with Crippen molar-refractivity contribution in [3.63, 3.8) is 0 Å². The van der Waals surface area contributed by atoms with Gasteiger partial charge in [-0.15, -0.1) is 0 Å². The summed E-state index contributed by atoms with van der Waals surface area (Å²) in [6.45, 7) is 1.37. The number of aromatic nitrogens is 3. The smallest absolute Gasteiger partial charge is 0.267 e. The van der Waals surface area contributed by atoms with Crippen LogP contribution in [-0.4, -0.2) is 54.3 Å². The van der Waals surface area contributed by atoms with Crippen molar-refractivity contribution in [3.8, 4) is 23.0 Å². The van der Waals surface area contributed by atoms with Gasteiger partial charge in [0.25, 0.3) is 11.5 Å². The lowest BCUT2D eigenvalue weighted by atomic mass is 10.0. The first-order chi connectivity index (χ1) is 25.0. The number of pyridine rings is 3. The number of aromatic amines is 1. The summed E-state index contributed by atoms with van der Waals surface area (Å²) in [5.74, 6) is 1.97. The molecule has 258 valence electrons. The molecule has 0 radical (unpaired) electrons. The summed E-state index contributed by atoms with van der Waals surface area (Å²) in [4.78, 5) is 44.0. The van der Waals surface area contributed by atoms with Gasteiger partial charge in [0.15, 0.2) is 11.5 Å². The second-order valence-corrected chi connectivity index (χ2v) is 12.0. The first-order valence-corrected chi connectivity index (χ1v) is 16.7. The van der Waals surface area contributed by atoms with Crippen molar-refractivity contribution in [3.05, 3.63) is 137 Å². The third-order valence-corrected chi connectivity index (χ3v) is 8.86. The van der Waals surface area contributed by atoms with E-state index in [4.69, 9.17) is 18.9 Å². The molecule has 11 nitrogen and oxygen atoms in total. The van der Waals surface area contributed by atoms with E-state index in [1.165, 1.54) is 4.90 Å². The van der Waals surface area contributed by atoms with Crippen LogP contribution in [0.25, 0.3) is 10.9 Å². The molecule has 1 amide bonds. The van der Waals surface area contributed by atoms with Crippen molar-refractivity contribution in [1.29, 1.82) is 0 Å². The van der Waals surface area contributed by atoms with Crippen molar-refractivity contribution in [2.75, 3.05) is 37.2 Å². The number of ether oxygens (including phenoxy) is 4. The Bertz CT molecular complexity index is 2170. The number of fused-ring (bicyclic) bond motifs is 1. The largest absolute Gasteiger partial charge is 0.493 e. The Hall–Kier alpha value is -6.20. The molecular formula is C40H37N5O6. The molecule has 1 N–H and O–H groups in total. The van der Waals surface area contributed by atoms with Crippen molar-refractivity contribution in [1.82, 2.24) is 15.0 Å². The van der Waals surface area contributed by atoms with Crippen LogP contribution in [-0.2, 0) is 11.3 Å². The Kier molecular flexibility index (Phi) is 9.89. The molecule has 51 heavy (non-hydrogen) atoms. The number of para-hydroxylation sites is 1. The number of carbonyl (C=O) groups is 1. The lowest BCUT2D eigenvalue weighted by Gasteiger charge is -2.37. The van der Waals surface area contributed by atoms with Crippen molar-refractivity contribution in [2.45, 2.75) is 25.4 Å². The molecule has 0 spiro atoms. The Balaban J connectivity index is 1.26. The van der Waals surface area contributed by atoms with Gasteiger partial charge in [0.2, 0.25) is 0 Å². The third-order valence-electron chi connectivity index (χ3n) is 8.86. The standard InChI is InChI=1S/C40H37N5O6/c1-48-35-23-31-32(24-36(35)49-2)41-20-16-34(31)51-30-13-14-37(43-25-30)44(26-27-9-5-3-6-10-27)40(47)38-33(15-19-42-39(38)46)45(28-11-7-4-8-12-28)29-17-21-50-22-18-29/h3-16,19-20,23-25,29H,17-18,21-22,26H2,1-2H3,(H,42,46). The molecule has 0 atom stereocenters. The summed E-state index contributed by atoms with van der Waals surface area (Å²) < 4.78 is 22.9. The summed E-state index contributed by atoms with van der Waals surface area (Å²) in [6, 6.07) is 30.1. The van der Waals surface area contributed by atoms with E-state index in [0.29, 0.717) is 53.2 Å². The topological polar surface area (TPSA) is 119 Å². The van der Waals surface area contributed by atoms with Crippen molar-refractivity contribution >= 4 is 34.0 Å². The molecule has 11 heteroatoms. The van der Waals surface area contributed by atoms with Gasteiger partial charge in [0.05, 0.1) is 38.2 Å². The van der Waals surface area contributed by atoms with Crippen LogP contribution < -0.4 is 29.6 Å². The number of rotatable bonds is 11. The number of hydrogen-bond donors (Lipinski definition) is 1. The van der Waals surface area contributed by atoms with Gasteiger partial charge >= 0.3 is 0 Å². The highest BCUT2D eigenvalue weighted by Gasteiger charge is 2.31. The number of methoxy groups -OCH3 is 2. The zero-order valence-electron chi connectivity index (χ0n) is 28.3. The Labute approximate surface area is 295 Å². The van der Waals surface area contributed by atoms with Crippen LogP contribution in [0.3, 0.4) is 0 Å². The third kappa shape index (κ3) is 7.10. The van der Waals surface area contributed by atoms with E-state index in [0.717, 1.165) is 29.5 Å². The van der Waals surface area contributed by atoms with E-state index in [2.05, 4.69) is 19.9 Å². The van der Waals surface area contributed by atoms with Gasteiger partial charge in [-0.2, -0.15) is 0 Å². The second kappa shape index (κ2) is 15.1. The molecule has 3 aromatic heterocycles. The molecule has 0 aliphatic carbocycles. The minimum atomic E-state index is -0.486. The van der Waals surface area contributed by atoms with Crippen LogP contribution in [0.5, 0.6) is 23.0 Å². The molecular weight excluding hydrogens is 646 g/mol. The van der Waals surface area contributed by atoms with Gasteiger partial charge in [-0.1, -0.05) is 48.5 Å². The predicted octanol–water partition coefficient (Wildman–Crippen LogP) is 7.29. The normalized spacial score (nSPS) is 13.1. The van der Waals surface area contributed by atoms with E-state index < -0.39 is 11.5 Å². The van der Waals surface area contributed by atoms with Gasteiger partial charge in [-0.25, -0.2) is 4.98 Å². The van der Waals surface area contributed by atoms with Crippen molar-refractivity contribution in [2.24, 2.45) is 0 Å². The lowest BCUT2D eigenvalue weighted by molar-refractivity contribution is 0.0864. The molecule has 1 saturated heterocycles. The maximum Gasteiger partial charge on any atom is 0.267 e. The average Bonchev–Trinajstić information content (AvgIpc) is 3.18. The average molecular weight is 684 g/mol. The number of hydrogen-bond acceptors (Lipinski definition) is 9. The van der Waals surface area contributed by atoms with Gasteiger partial charge in [-0.05, 0) is 60.9 Å². The van der Waals surface area contributed by atoms with Crippen LogP contribution in [0.1, 0.15) is 28.8 Å². The maximum absolute atomic E-state index is 14.8. The number of amides is 1. The Morgan fingerprint density at radius 2 is 1.59 bits per heavy atom. The van der Waals surface area contributed by atoms with Gasteiger partial charge in [0.1, 0.15) is 22.9 Å². The van der Waals surface area contributed by atoms with Gasteiger partial charge in [0, 0.05) is 48.8 Å². The summed E-state index contributed by atoms with van der Waals surface area (Å²) in [7, 11) is 3.14. The van der Waals surface area contributed by atoms with E-state index in [1.54, 1.807) is 63.1 Å². The van der Waals surface area contributed by atoms with E-state index >= 15 is 0 Å². The fourth-order valence-electron chi connectivity index (χ4n) is 6.37. The van der Waals surface area contributed by atoms with Crippen LogP contribution in [0.2, 0.25) is 0 Å². The maximum atomic E-state index is 14.8. The minimum absolute atomic E-state index is 0.0250. The quantitative estimate of drug-likeness (QED) is 0.150. The van der Waals surface area contributed by atoms with E-state index in [1.807, 2.05) is 66.7 Å². The summed E-state index contributed by atoms with van der Waals surface area (Å²) >= 11 is 0. The van der Waals surface area contributed by atoms with Crippen LogP contribution >= 0.6 is 0 Å². The molecule has 1 fully saturated rings. The number of carbonyl (C=O) groups excluding carboxylic acids is 1. The molecule has 0 bridgehead atoms. The van der Waals surface area contributed by atoms with E-state index in [-0.39, 0.29) is 18.2 Å². The number of nitrogens with zero attached hydrogens (tertiary/aromatic N) is 4. The highest BCUT2D eigenvalue weighted by atomic mass is 16.5. The molecule has 0 unspecified atom stereocenters. The molecule has 1 aliphatic rings. The number of H-pyrrole nitrogens is 1. The molecule has 6 aromatic rings. The molecule has 3 aromatic carbocycles. The highest BCUT2D eigenvalue weighted by molar-refractivity contribution is 6.09. The number of nitrogens with one attached hydrogen (secondary N) is 1. The van der Waals surface area contributed by atoms with Crippen LogP contribution in [0, 0.1) is 0 Å². The monoisotopic (exact) mass is 683 g/mol. The van der Waals surface area contributed by atoms with E-state index in [9.17, 15) is 9.59 Å². The first-order valence-electron chi connectivity index (χ1n) is 16.7. The molecule has 0 saturated carbocycles. The first kappa shape index (κ1) is 33.3. The predicted molar refractivity (Wildman–Crippen MR) is 196 cm³/mol. The fraction of sp³-hybridized carbons (Fsp3) is 0.200. The highest BCUT2D eigenvalue weighted by Crippen LogP contribution is 2.38. The SMILES string of the molecule is COc1cc2nccc(Oc3ccc(N(Cc4ccccc4)C(=O)c4c(N(c5ccccc5)C5CCOCC5)cc[nH]c4=O)nc3)c2cc1OC. The summed E-state index contributed by atoms with van der Waals surface area (Å²) in [6.07, 6.45) is 6.30. The summed E-state index contributed by atoms with van der Waals surface area (Å²) in [5, 5.41) is 0.725. The zero-order valence-corrected chi connectivity index (χ0v) is 28.3. The zero-order chi connectivity index (χ0) is 35.2.